The van der Waals surface area contributed by atoms with Crippen LogP contribution in [0.2, 0.25) is 0 Å². The number of halogens is 1. The zero-order valence-electron chi connectivity index (χ0n) is 12.1. The number of primary amides is 1. The molecule has 1 aromatic carbocycles. The maximum Gasteiger partial charge on any atom is 0.312 e. The van der Waals surface area contributed by atoms with Crippen molar-refractivity contribution in [3.8, 4) is 0 Å². The molecular weight excluding hydrogens is 273 g/mol. The largest absolute Gasteiger partial charge is 0.352 e. The Kier molecular flexibility index (Phi) is 4.77. The fraction of sp³-hybridized carbons (Fsp3) is 0.467. The third-order valence-corrected chi connectivity index (χ3v) is 3.72. The molecule has 0 aliphatic carbocycles. The normalized spacial score (nSPS) is 18.4. The quantitative estimate of drug-likeness (QED) is 0.889. The molecule has 6 heteroatoms. The van der Waals surface area contributed by atoms with Crippen LogP contribution in [0.25, 0.3) is 0 Å². The number of amides is 3. The zero-order valence-corrected chi connectivity index (χ0v) is 12.1. The minimum atomic E-state index is -0.567. The Morgan fingerprint density at radius 1 is 1.48 bits per heavy atom. The molecule has 1 heterocycles. The highest BCUT2D eigenvalue weighted by atomic mass is 19.1. The van der Waals surface area contributed by atoms with E-state index in [0.29, 0.717) is 19.6 Å². The number of hydrogen-bond donors (Lipinski definition) is 2. The van der Waals surface area contributed by atoms with Gasteiger partial charge in [0, 0.05) is 19.6 Å². The highest BCUT2D eigenvalue weighted by Gasteiger charge is 2.26. The van der Waals surface area contributed by atoms with Crippen molar-refractivity contribution >= 4 is 11.9 Å². The monoisotopic (exact) mass is 293 g/mol. The summed E-state index contributed by atoms with van der Waals surface area (Å²) in [5.74, 6) is -0.633. The van der Waals surface area contributed by atoms with E-state index in [1.807, 2.05) is 6.92 Å². The summed E-state index contributed by atoms with van der Waals surface area (Å²) in [5, 5.41) is 2.56. The average molecular weight is 293 g/mol. The van der Waals surface area contributed by atoms with Gasteiger partial charge in [-0.15, -0.1) is 0 Å². The Morgan fingerprint density at radius 3 is 2.95 bits per heavy atom. The van der Waals surface area contributed by atoms with Crippen LogP contribution in [0.5, 0.6) is 0 Å². The molecule has 3 N–H and O–H groups in total. The molecule has 1 fully saturated rings. The number of rotatable bonds is 3. The third kappa shape index (κ3) is 3.93. The van der Waals surface area contributed by atoms with E-state index in [1.54, 1.807) is 17.0 Å². The van der Waals surface area contributed by atoms with E-state index in [2.05, 4.69) is 5.32 Å². The molecule has 1 unspecified atom stereocenters. The molecule has 114 valence electrons. The lowest BCUT2D eigenvalue weighted by molar-refractivity contribution is 0.0670. The summed E-state index contributed by atoms with van der Waals surface area (Å²) in [4.78, 5) is 24.8. The first-order chi connectivity index (χ1) is 9.97. The molecule has 1 aliphatic heterocycles. The van der Waals surface area contributed by atoms with Gasteiger partial charge in [0.2, 0.25) is 0 Å². The van der Waals surface area contributed by atoms with E-state index < -0.39 is 11.8 Å². The van der Waals surface area contributed by atoms with Gasteiger partial charge in [-0.1, -0.05) is 11.6 Å². The predicted molar refractivity (Wildman–Crippen MR) is 77.4 cm³/mol. The van der Waals surface area contributed by atoms with E-state index >= 15 is 0 Å². The summed E-state index contributed by atoms with van der Waals surface area (Å²) < 4.78 is 13.8. The van der Waals surface area contributed by atoms with Gasteiger partial charge in [0.25, 0.3) is 5.91 Å². The summed E-state index contributed by atoms with van der Waals surface area (Å²) in [6, 6.07) is 3.96. The number of likely N-dealkylation sites (tertiary alicyclic amines) is 1. The molecule has 1 saturated heterocycles. The van der Waals surface area contributed by atoms with Crippen LogP contribution < -0.4 is 11.1 Å². The summed E-state index contributed by atoms with van der Waals surface area (Å²) in [6.07, 6.45) is 1.75. The first-order valence-electron chi connectivity index (χ1n) is 7.06. The van der Waals surface area contributed by atoms with Gasteiger partial charge in [-0.3, -0.25) is 4.79 Å². The molecule has 3 amide bonds. The molecule has 0 radical (unpaired) electrons. The summed E-state index contributed by atoms with van der Waals surface area (Å²) >= 11 is 0. The van der Waals surface area contributed by atoms with Crippen molar-refractivity contribution in [3.63, 3.8) is 0 Å². The molecule has 1 aromatic rings. The third-order valence-electron chi connectivity index (χ3n) is 3.72. The molecule has 0 bridgehead atoms. The topological polar surface area (TPSA) is 75.4 Å². The number of nitrogens with one attached hydrogen (secondary N) is 1. The van der Waals surface area contributed by atoms with Crippen molar-refractivity contribution in [2.75, 3.05) is 19.6 Å². The second kappa shape index (κ2) is 6.56. The van der Waals surface area contributed by atoms with E-state index in [1.165, 1.54) is 6.07 Å². The zero-order chi connectivity index (χ0) is 15.4. The smallest absolute Gasteiger partial charge is 0.312 e. The van der Waals surface area contributed by atoms with Crippen LogP contribution in [0, 0.1) is 18.7 Å². The Hall–Kier alpha value is -2.11. The number of benzene rings is 1. The van der Waals surface area contributed by atoms with Crippen molar-refractivity contribution in [1.29, 1.82) is 0 Å². The predicted octanol–water partition coefficient (Wildman–Crippen LogP) is 1.65. The Balaban J connectivity index is 2.05. The van der Waals surface area contributed by atoms with Gasteiger partial charge < -0.3 is 16.0 Å². The summed E-state index contributed by atoms with van der Waals surface area (Å²) in [7, 11) is 0. The molecule has 0 aromatic heterocycles. The standard InChI is InChI=1S/C15H20FN3O2/c1-10-4-5-13(16)12(7-10)14(20)19-6-2-3-11(9-19)8-18-15(17)21/h4-5,7,11H,2-3,6,8-9H2,1H3,(H3,17,18,21). The van der Waals surface area contributed by atoms with Crippen LogP contribution in [0.1, 0.15) is 28.8 Å². The second-order valence-electron chi connectivity index (χ2n) is 5.49. The van der Waals surface area contributed by atoms with Gasteiger partial charge in [0.15, 0.2) is 0 Å². The molecule has 1 atom stereocenters. The maximum atomic E-state index is 13.8. The van der Waals surface area contributed by atoms with Gasteiger partial charge in [-0.2, -0.15) is 0 Å². The highest BCUT2D eigenvalue weighted by molar-refractivity contribution is 5.94. The Morgan fingerprint density at radius 2 is 2.24 bits per heavy atom. The van der Waals surface area contributed by atoms with Crippen molar-refractivity contribution in [1.82, 2.24) is 10.2 Å². The molecule has 0 saturated carbocycles. The molecule has 21 heavy (non-hydrogen) atoms. The number of nitrogens with zero attached hydrogens (tertiary/aromatic N) is 1. The van der Waals surface area contributed by atoms with E-state index in [9.17, 15) is 14.0 Å². The fourth-order valence-corrected chi connectivity index (χ4v) is 2.63. The number of carbonyl (C=O) groups excluding carboxylic acids is 2. The van der Waals surface area contributed by atoms with E-state index in [4.69, 9.17) is 5.73 Å². The summed E-state index contributed by atoms with van der Waals surface area (Å²) in [5.41, 5.74) is 6.01. The lowest BCUT2D eigenvalue weighted by Gasteiger charge is -2.33. The second-order valence-corrected chi connectivity index (χ2v) is 5.49. The molecular formula is C15H20FN3O2. The number of urea groups is 1. The minimum absolute atomic E-state index is 0.110. The van der Waals surface area contributed by atoms with Gasteiger partial charge in [0.05, 0.1) is 5.56 Å². The number of hydrogen-bond acceptors (Lipinski definition) is 2. The average Bonchev–Trinajstić information content (AvgIpc) is 2.47. The summed E-state index contributed by atoms with van der Waals surface area (Å²) in [6.45, 7) is 3.38. The molecule has 0 spiro atoms. The molecule has 1 aliphatic rings. The van der Waals surface area contributed by atoms with Crippen molar-refractivity contribution in [2.24, 2.45) is 11.7 Å². The number of carbonyl (C=O) groups is 2. The number of aryl methyl sites for hydroxylation is 1. The minimum Gasteiger partial charge on any atom is -0.352 e. The van der Waals surface area contributed by atoms with Crippen LogP contribution >= 0.6 is 0 Å². The first-order valence-corrected chi connectivity index (χ1v) is 7.06. The molecule has 5 nitrogen and oxygen atoms in total. The fourth-order valence-electron chi connectivity index (χ4n) is 2.63. The van der Waals surface area contributed by atoms with Crippen LogP contribution in [-0.4, -0.2) is 36.5 Å². The SMILES string of the molecule is Cc1ccc(F)c(C(=O)N2CCCC(CNC(N)=O)C2)c1. The first kappa shape index (κ1) is 15.3. The van der Waals surface area contributed by atoms with Crippen LogP contribution in [0.3, 0.4) is 0 Å². The van der Waals surface area contributed by atoms with Crippen molar-refractivity contribution in [2.45, 2.75) is 19.8 Å². The number of piperidine rings is 1. The van der Waals surface area contributed by atoms with E-state index in [-0.39, 0.29) is 17.4 Å². The highest BCUT2D eigenvalue weighted by Crippen LogP contribution is 2.20. The lowest BCUT2D eigenvalue weighted by Crippen LogP contribution is -2.44. The van der Waals surface area contributed by atoms with Crippen LogP contribution in [-0.2, 0) is 0 Å². The van der Waals surface area contributed by atoms with Gasteiger partial charge in [0.1, 0.15) is 5.82 Å². The maximum absolute atomic E-state index is 13.8. The van der Waals surface area contributed by atoms with Crippen molar-refractivity contribution in [3.05, 3.63) is 35.1 Å². The van der Waals surface area contributed by atoms with Crippen LogP contribution in [0.15, 0.2) is 18.2 Å². The lowest BCUT2D eigenvalue weighted by atomic mass is 9.97. The van der Waals surface area contributed by atoms with Crippen LogP contribution in [0.4, 0.5) is 9.18 Å². The Bertz CT molecular complexity index is 548. The van der Waals surface area contributed by atoms with Gasteiger partial charge >= 0.3 is 6.03 Å². The van der Waals surface area contributed by atoms with Crippen molar-refractivity contribution < 1.29 is 14.0 Å². The van der Waals surface area contributed by atoms with E-state index in [0.717, 1.165) is 18.4 Å². The van der Waals surface area contributed by atoms with Gasteiger partial charge in [-0.25, -0.2) is 9.18 Å². The van der Waals surface area contributed by atoms with Gasteiger partial charge in [-0.05, 0) is 37.8 Å². The molecule has 2 rings (SSSR count). The number of nitrogens with two attached hydrogens (primary N) is 1. The Labute approximate surface area is 123 Å².